The molecule has 0 bridgehead atoms. The number of benzene rings is 2. The molecule has 2 aliphatic heterocycles. The van der Waals surface area contributed by atoms with Crippen molar-refractivity contribution in [3.05, 3.63) is 59.6 Å². The zero-order valence-corrected chi connectivity index (χ0v) is 18.7. The zero-order chi connectivity index (χ0) is 22.1. The van der Waals surface area contributed by atoms with E-state index >= 15 is 0 Å². The van der Waals surface area contributed by atoms with E-state index in [2.05, 4.69) is 41.1 Å². The highest BCUT2D eigenvalue weighted by molar-refractivity contribution is 6.30. The van der Waals surface area contributed by atoms with E-state index in [0.717, 1.165) is 36.2 Å². The van der Waals surface area contributed by atoms with Gasteiger partial charge in [0.25, 0.3) is 0 Å². The minimum Gasteiger partial charge on any atom is -0.509 e. The summed E-state index contributed by atoms with van der Waals surface area (Å²) in [6.45, 7) is 4.67. The van der Waals surface area contributed by atoms with Crippen molar-refractivity contribution >= 4 is 33.8 Å². The third kappa shape index (κ3) is 3.85. The van der Waals surface area contributed by atoms with E-state index < -0.39 is 0 Å². The number of amidine groups is 1. The van der Waals surface area contributed by atoms with Gasteiger partial charge in [0.1, 0.15) is 17.4 Å². The molecule has 32 heavy (non-hydrogen) atoms. The van der Waals surface area contributed by atoms with Gasteiger partial charge >= 0.3 is 0 Å². The highest BCUT2D eigenvalue weighted by Crippen LogP contribution is 2.32. The first kappa shape index (κ1) is 20.6. The maximum atomic E-state index is 10.7. The Balaban J connectivity index is 1.38. The number of imidazole rings is 1. The van der Waals surface area contributed by atoms with Crippen LogP contribution in [-0.2, 0) is 6.42 Å². The van der Waals surface area contributed by atoms with Crippen molar-refractivity contribution in [1.29, 1.82) is 5.41 Å². The molecule has 2 aromatic carbocycles. The lowest BCUT2D eigenvalue weighted by atomic mass is 10.1. The van der Waals surface area contributed by atoms with Crippen LogP contribution in [0.5, 0.6) is 0 Å². The lowest BCUT2D eigenvalue weighted by Gasteiger charge is -2.28. The molecule has 1 saturated heterocycles. The third-order valence-electron chi connectivity index (χ3n) is 6.59. The van der Waals surface area contributed by atoms with E-state index in [1.807, 2.05) is 23.1 Å². The topological polar surface area (TPSA) is 79.2 Å². The van der Waals surface area contributed by atoms with Crippen molar-refractivity contribution < 1.29 is 5.11 Å². The van der Waals surface area contributed by atoms with E-state index in [9.17, 15) is 5.11 Å². The van der Waals surface area contributed by atoms with Crippen molar-refractivity contribution in [2.75, 3.05) is 29.4 Å². The molecule has 3 heterocycles. The van der Waals surface area contributed by atoms with Gasteiger partial charge in [-0.1, -0.05) is 25.5 Å². The summed E-state index contributed by atoms with van der Waals surface area (Å²) in [5, 5.41) is 19.5. The summed E-state index contributed by atoms with van der Waals surface area (Å²) in [5.74, 6) is 1.01. The molecule has 5 rings (SSSR count). The van der Waals surface area contributed by atoms with Crippen LogP contribution in [0.15, 0.2) is 48.2 Å². The summed E-state index contributed by atoms with van der Waals surface area (Å²) in [6, 6.07) is 14.6. The van der Waals surface area contributed by atoms with Crippen LogP contribution in [-0.4, -0.2) is 40.5 Å². The number of aromatic nitrogens is 2. The predicted octanol–water partition coefficient (Wildman–Crippen LogP) is 5.66. The number of fused-ring (bicyclic) bond motifs is 1. The van der Waals surface area contributed by atoms with E-state index in [0.29, 0.717) is 17.9 Å². The maximum absolute atomic E-state index is 10.7. The normalized spacial score (nSPS) is 17.1. The fourth-order valence-corrected chi connectivity index (χ4v) is 4.74. The second-order valence-electron chi connectivity index (χ2n) is 8.86. The lowest BCUT2D eigenvalue weighted by Crippen LogP contribution is -2.29. The fraction of sp³-hybridized carbons (Fsp3) is 0.385. The summed E-state index contributed by atoms with van der Waals surface area (Å²) >= 11 is 0. The molecule has 3 N–H and O–H groups in total. The van der Waals surface area contributed by atoms with Gasteiger partial charge in [-0.25, -0.2) is 4.98 Å². The molecule has 6 heteroatoms. The Morgan fingerprint density at radius 2 is 1.78 bits per heavy atom. The highest BCUT2D eigenvalue weighted by atomic mass is 16.3. The molecule has 166 valence electrons. The van der Waals surface area contributed by atoms with Crippen LogP contribution in [0.4, 0.5) is 11.4 Å². The van der Waals surface area contributed by atoms with Gasteiger partial charge in [-0.15, -0.1) is 0 Å². The molecule has 0 radical (unpaired) electrons. The van der Waals surface area contributed by atoms with Crippen LogP contribution in [0, 0.1) is 5.41 Å². The Hall–Kier alpha value is -3.28. The first-order valence-electron chi connectivity index (χ1n) is 11.8. The third-order valence-corrected chi connectivity index (χ3v) is 6.59. The van der Waals surface area contributed by atoms with Crippen LogP contribution >= 0.6 is 0 Å². The van der Waals surface area contributed by atoms with Gasteiger partial charge in [0.2, 0.25) is 0 Å². The number of hydrogen-bond donors (Lipinski definition) is 3. The van der Waals surface area contributed by atoms with Crippen molar-refractivity contribution in [2.24, 2.45) is 0 Å². The quantitative estimate of drug-likeness (QED) is 0.472. The number of aryl methyl sites for hydroxylation is 1. The number of rotatable bonds is 6. The number of aliphatic hydroxyl groups excluding tert-OH is 1. The fourth-order valence-electron chi connectivity index (χ4n) is 4.74. The first-order valence-corrected chi connectivity index (χ1v) is 11.8. The Kier molecular flexibility index (Phi) is 5.60. The number of nitrogens with zero attached hydrogens (tertiary/aromatic N) is 3. The number of aromatic amines is 1. The van der Waals surface area contributed by atoms with Crippen molar-refractivity contribution in [3.63, 3.8) is 0 Å². The van der Waals surface area contributed by atoms with Crippen molar-refractivity contribution in [1.82, 2.24) is 9.97 Å². The van der Waals surface area contributed by atoms with E-state index in [4.69, 9.17) is 10.4 Å². The second-order valence-corrected chi connectivity index (χ2v) is 8.86. The van der Waals surface area contributed by atoms with Crippen LogP contribution in [0.3, 0.4) is 0 Å². The molecule has 0 atom stereocenters. The largest absolute Gasteiger partial charge is 0.509 e. The molecule has 0 spiro atoms. The van der Waals surface area contributed by atoms with Gasteiger partial charge < -0.3 is 19.9 Å². The van der Waals surface area contributed by atoms with Gasteiger partial charge in [0.05, 0.1) is 23.2 Å². The standard InChI is InChI=1S/C26H31N5O/c1-2-3-7-18-8-10-19(11-9-18)31-17-23(32)24(25(31)27)26-28-21-13-12-20(16-22(21)29-26)30-14-5-4-6-15-30/h8-13,16,27,32H,2-7,14-15,17H2,1H3,(H,28,29). The zero-order valence-electron chi connectivity index (χ0n) is 18.7. The monoisotopic (exact) mass is 429 g/mol. The highest BCUT2D eigenvalue weighted by Gasteiger charge is 2.31. The summed E-state index contributed by atoms with van der Waals surface area (Å²) in [6.07, 6.45) is 7.20. The number of anilines is 2. The van der Waals surface area contributed by atoms with E-state index in [1.165, 1.54) is 43.4 Å². The number of piperidine rings is 1. The lowest BCUT2D eigenvalue weighted by molar-refractivity contribution is 0.411. The molecular weight excluding hydrogens is 398 g/mol. The number of aliphatic hydroxyl groups is 1. The Labute approximate surface area is 189 Å². The smallest absolute Gasteiger partial charge is 0.145 e. The predicted molar refractivity (Wildman–Crippen MR) is 132 cm³/mol. The average Bonchev–Trinajstić information content (AvgIpc) is 3.37. The van der Waals surface area contributed by atoms with Gasteiger partial charge in [0, 0.05) is 24.5 Å². The van der Waals surface area contributed by atoms with Gasteiger partial charge in [-0.05, 0) is 68.0 Å². The summed E-state index contributed by atoms with van der Waals surface area (Å²) in [4.78, 5) is 12.3. The molecule has 6 nitrogen and oxygen atoms in total. The molecule has 0 amide bonds. The SMILES string of the molecule is CCCCc1ccc(N2CC(O)=C(c3nc4ccc(N5CCCCC5)cc4[nH]3)C2=N)cc1. The molecule has 1 aromatic heterocycles. The summed E-state index contributed by atoms with van der Waals surface area (Å²) < 4.78 is 0. The van der Waals surface area contributed by atoms with Gasteiger partial charge in [-0.3, -0.25) is 5.41 Å². The number of hydrogen-bond acceptors (Lipinski definition) is 4. The number of unbranched alkanes of at least 4 members (excludes halogenated alkanes) is 1. The van der Waals surface area contributed by atoms with Gasteiger partial charge in [0.15, 0.2) is 0 Å². The van der Waals surface area contributed by atoms with Gasteiger partial charge in [-0.2, -0.15) is 0 Å². The van der Waals surface area contributed by atoms with Crippen LogP contribution in [0.1, 0.15) is 50.4 Å². The minimum atomic E-state index is 0.181. The van der Waals surface area contributed by atoms with E-state index in [-0.39, 0.29) is 11.6 Å². The summed E-state index contributed by atoms with van der Waals surface area (Å²) in [7, 11) is 0. The van der Waals surface area contributed by atoms with Crippen molar-refractivity contribution in [2.45, 2.75) is 45.4 Å². The van der Waals surface area contributed by atoms with E-state index in [1.54, 1.807) is 0 Å². The maximum Gasteiger partial charge on any atom is 0.145 e. The molecule has 0 aliphatic carbocycles. The Morgan fingerprint density at radius 3 is 2.53 bits per heavy atom. The Bertz CT molecular complexity index is 1150. The molecular formula is C26H31N5O. The molecule has 3 aromatic rings. The number of H-pyrrole nitrogens is 1. The van der Waals surface area contributed by atoms with Crippen LogP contribution in [0.2, 0.25) is 0 Å². The van der Waals surface area contributed by atoms with Crippen LogP contribution < -0.4 is 9.80 Å². The Morgan fingerprint density at radius 1 is 1.03 bits per heavy atom. The van der Waals surface area contributed by atoms with Crippen LogP contribution in [0.25, 0.3) is 16.6 Å². The second kappa shape index (κ2) is 8.69. The summed E-state index contributed by atoms with van der Waals surface area (Å²) in [5.41, 5.74) is 5.70. The van der Waals surface area contributed by atoms with Crippen molar-refractivity contribution in [3.8, 4) is 0 Å². The number of nitrogens with one attached hydrogen (secondary N) is 2. The molecule has 0 unspecified atom stereocenters. The molecule has 0 saturated carbocycles. The minimum absolute atomic E-state index is 0.181. The average molecular weight is 430 g/mol. The first-order chi connectivity index (χ1) is 15.6. The molecule has 2 aliphatic rings. The molecule has 1 fully saturated rings.